The maximum atomic E-state index is 13.0. The number of pyridine rings is 1. The first kappa shape index (κ1) is 14.0. The highest BCUT2D eigenvalue weighted by Crippen LogP contribution is 2.31. The van der Waals surface area contributed by atoms with Gasteiger partial charge in [-0.3, -0.25) is 0 Å². The lowest BCUT2D eigenvalue weighted by molar-refractivity contribution is -0.614. The number of sulfonamides is 1. The van der Waals surface area contributed by atoms with Crippen LogP contribution in [0.3, 0.4) is 0 Å². The molecule has 0 bridgehead atoms. The Morgan fingerprint density at radius 1 is 1.19 bits per heavy atom. The number of halogens is 1. The molecule has 110 valence electrons. The fourth-order valence-corrected chi connectivity index (χ4v) is 3.22. The quantitative estimate of drug-likeness (QED) is 0.622. The third-order valence-electron chi connectivity index (χ3n) is 3.60. The SMILES string of the molecule is CS(=O)(=O)N1Cc2c(-c3ccc(F)cc3)cc[n+]([O-])c2C1. The monoisotopic (exact) mass is 308 g/mol. The molecule has 0 saturated heterocycles. The lowest BCUT2D eigenvalue weighted by Crippen LogP contribution is -2.33. The predicted molar refractivity (Wildman–Crippen MR) is 74.9 cm³/mol. The summed E-state index contributed by atoms with van der Waals surface area (Å²) in [6.45, 7) is 0.219. The van der Waals surface area contributed by atoms with E-state index in [9.17, 15) is 18.0 Å². The summed E-state index contributed by atoms with van der Waals surface area (Å²) in [6, 6.07) is 7.53. The summed E-state index contributed by atoms with van der Waals surface area (Å²) in [5, 5.41) is 11.9. The lowest BCUT2D eigenvalue weighted by Gasteiger charge is -2.10. The largest absolute Gasteiger partial charge is 0.618 e. The van der Waals surface area contributed by atoms with Gasteiger partial charge in [0, 0.05) is 18.2 Å². The molecule has 0 N–H and O–H groups in total. The second kappa shape index (κ2) is 4.78. The highest BCUT2D eigenvalue weighted by molar-refractivity contribution is 7.88. The van der Waals surface area contributed by atoms with Gasteiger partial charge in [-0.25, -0.2) is 12.8 Å². The zero-order chi connectivity index (χ0) is 15.2. The topological polar surface area (TPSA) is 64.3 Å². The normalized spacial score (nSPS) is 15.1. The van der Waals surface area contributed by atoms with Crippen LogP contribution in [0.4, 0.5) is 4.39 Å². The average molecular weight is 308 g/mol. The number of hydrogen-bond donors (Lipinski definition) is 0. The van der Waals surface area contributed by atoms with E-state index in [4.69, 9.17) is 0 Å². The Morgan fingerprint density at radius 3 is 2.48 bits per heavy atom. The molecule has 7 heteroatoms. The first-order chi connectivity index (χ1) is 9.86. The van der Waals surface area contributed by atoms with Gasteiger partial charge < -0.3 is 5.21 Å². The van der Waals surface area contributed by atoms with E-state index in [1.807, 2.05) is 0 Å². The number of rotatable bonds is 2. The van der Waals surface area contributed by atoms with Crippen LogP contribution < -0.4 is 4.73 Å². The van der Waals surface area contributed by atoms with Crippen LogP contribution in [0, 0.1) is 11.0 Å². The molecule has 1 aliphatic rings. The first-order valence-corrected chi connectivity index (χ1v) is 8.16. The number of benzene rings is 1. The van der Waals surface area contributed by atoms with Gasteiger partial charge in [-0.1, -0.05) is 12.1 Å². The molecule has 3 rings (SSSR count). The summed E-state index contributed by atoms with van der Waals surface area (Å²) < 4.78 is 38.3. The van der Waals surface area contributed by atoms with Crippen molar-refractivity contribution in [1.29, 1.82) is 0 Å². The Kier molecular flexibility index (Phi) is 3.18. The van der Waals surface area contributed by atoms with Crippen molar-refractivity contribution in [2.24, 2.45) is 0 Å². The van der Waals surface area contributed by atoms with E-state index in [2.05, 4.69) is 0 Å². The highest BCUT2D eigenvalue weighted by Gasteiger charge is 2.33. The molecular formula is C14H13FN2O3S. The predicted octanol–water partition coefficient (Wildman–Crippen LogP) is 1.40. The minimum absolute atomic E-state index is 0.0622. The van der Waals surface area contributed by atoms with Crippen molar-refractivity contribution in [2.45, 2.75) is 13.1 Å². The van der Waals surface area contributed by atoms with E-state index in [1.54, 1.807) is 18.2 Å². The Hall–Kier alpha value is -1.99. The molecule has 21 heavy (non-hydrogen) atoms. The standard InChI is InChI=1S/C14H13FN2O3S/c1-21(19,20)16-8-13-12(6-7-17(18)14(13)9-16)10-2-4-11(15)5-3-10/h2-7H,8-9H2,1H3. The molecule has 2 aromatic rings. The molecule has 5 nitrogen and oxygen atoms in total. The van der Waals surface area contributed by atoms with Crippen LogP contribution >= 0.6 is 0 Å². The van der Waals surface area contributed by atoms with Crippen LogP contribution in [0.1, 0.15) is 11.3 Å². The Labute approximate surface area is 121 Å². The van der Waals surface area contributed by atoms with Crippen LogP contribution in [0.2, 0.25) is 0 Å². The van der Waals surface area contributed by atoms with Crippen molar-refractivity contribution < 1.29 is 17.5 Å². The first-order valence-electron chi connectivity index (χ1n) is 6.31. The molecule has 0 fully saturated rings. The molecule has 0 saturated carbocycles. The molecule has 2 heterocycles. The molecule has 0 atom stereocenters. The van der Waals surface area contributed by atoms with Crippen molar-refractivity contribution in [1.82, 2.24) is 4.31 Å². The van der Waals surface area contributed by atoms with Crippen LogP contribution in [-0.2, 0) is 23.1 Å². The van der Waals surface area contributed by atoms with E-state index in [-0.39, 0.29) is 18.9 Å². The van der Waals surface area contributed by atoms with Crippen LogP contribution in [-0.4, -0.2) is 19.0 Å². The zero-order valence-corrected chi connectivity index (χ0v) is 12.1. The summed E-state index contributed by atoms with van der Waals surface area (Å²) >= 11 is 0. The molecule has 0 amide bonds. The molecule has 0 unspecified atom stereocenters. The van der Waals surface area contributed by atoms with Crippen molar-refractivity contribution in [3.63, 3.8) is 0 Å². The summed E-state index contributed by atoms with van der Waals surface area (Å²) in [7, 11) is -3.37. The third kappa shape index (κ3) is 2.50. The summed E-state index contributed by atoms with van der Waals surface area (Å²) in [5.74, 6) is -0.344. The number of aromatic nitrogens is 1. The maximum Gasteiger partial charge on any atom is 0.213 e. The van der Waals surface area contributed by atoms with Gasteiger partial charge in [0.1, 0.15) is 12.4 Å². The summed E-state index contributed by atoms with van der Waals surface area (Å²) in [6.07, 6.45) is 2.47. The van der Waals surface area contributed by atoms with Gasteiger partial charge >= 0.3 is 0 Å². The van der Waals surface area contributed by atoms with E-state index in [1.165, 1.54) is 22.6 Å². The summed E-state index contributed by atoms with van der Waals surface area (Å²) in [5.41, 5.74) is 2.60. The number of hydrogen-bond acceptors (Lipinski definition) is 3. The van der Waals surface area contributed by atoms with Crippen LogP contribution in [0.25, 0.3) is 11.1 Å². The fraction of sp³-hybridized carbons (Fsp3) is 0.214. The smallest absolute Gasteiger partial charge is 0.213 e. The van der Waals surface area contributed by atoms with Crippen molar-refractivity contribution in [3.8, 4) is 11.1 Å². The molecule has 0 radical (unpaired) electrons. The minimum Gasteiger partial charge on any atom is -0.618 e. The van der Waals surface area contributed by atoms with Gasteiger partial charge in [0.2, 0.25) is 15.7 Å². The fourth-order valence-electron chi connectivity index (χ4n) is 2.50. The zero-order valence-electron chi connectivity index (χ0n) is 11.3. The van der Waals surface area contributed by atoms with Crippen molar-refractivity contribution in [3.05, 3.63) is 58.8 Å². The van der Waals surface area contributed by atoms with Gasteiger partial charge in [-0.2, -0.15) is 9.04 Å². The third-order valence-corrected chi connectivity index (χ3v) is 4.80. The summed E-state index contributed by atoms with van der Waals surface area (Å²) in [4.78, 5) is 0. The van der Waals surface area contributed by atoms with Crippen LogP contribution in [0.5, 0.6) is 0 Å². The van der Waals surface area contributed by atoms with Crippen molar-refractivity contribution >= 4 is 10.0 Å². The maximum absolute atomic E-state index is 13.0. The van der Waals surface area contributed by atoms with Gasteiger partial charge in [0.05, 0.1) is 6.26 Å². The second-order valence-electron chi connectivity index (χ2n) is 5.02. The van der Waals surface area contributed by atoms with Gasteiger partial charge in [-0.15, -0.1) is 0 Å². The van der Waals surface area contributed by atoms with Gasteiger partial charge in [0.15, 0.2) is 6.20 Å². The molecule has 1 aliphatic heterocycles. The van der Waals surface area contributed by atoms with Gasteiger partial charge in [-0.05, 0) is 23.3 Å². The molecule has 1 aromatic carbocycles. The Balaban J connectivity index is 2.11. The van der Waals surface area contributed by atoms with E-state index >= 15 is 0 Å². The van der Waals surface area contributed by atoms with Gasteiger partial charge in [0.25, 0.3) is 0 Å². The second-order valence-corrected chi connectivity index (χ2v) is 7.00. The van der Waals surface area contributed by atoms with E-state index in [0.29, 0.717) is 16.0 Å². The molecule has 0 spiro atoms. The average Bonchev–Trinajstić information content (AvgIpc) is 2.86. The van der Waals surface area contributed by atoms with E-state index in [0.717, 1.165) is 17.4 Å². The minimum atomic E-state index is -3.37. The Bertz CT molecular complexity index is 804. The molecule has 1 aromatic heterocycles. The van der Waals surface area contributed by atoms with E-state index < -0.39 is 10.0 Å². The molecule has 0 aliphatic carbocycles. The Morgan fingerprint density at radius 2 is 1.86 bits per heavy atom. The highest BCUT2D eigenvalue weighted by atomic mass is 32.2. The molecular weight excluding hydrogens is 295 g/mol. The lowest BCUT2D eigenvalue weighted by atomic mass is 10.0. The van der Waals surface area contributed by atoms with Crippen molar-refractivity contribution in [2.75, 3.05) is 6.26 Å². The number of nitrogens with zero attached hydrogens (tertiary/aromatic N) is 2. The number of fused-ring (bicyclic) bond motifs is 1. The van der Waals surface area contributed by atoms with Crippen LogP contribution in [0.15, 0.2) is 36.5 Å².